The second-order valence-corrected chi connectivity index (χ2v) is 8.45. The molecule has 4 aromatic rings. The third-order valence-corrected chi connectivity index (χ3v) is 6.14. The summed E-state index contributed by atoms with van der Waals surface area (Å²) in [6, 6.07) is 13.0. The molecule has 1 fully saturated rings. The molecular weight excluding hydrogens is 434 g/mol. The first-order valence-electron chi connectivity index (χ1n) is 11.2. The molecule has 34 heavy (non-hydrogen) atoms. The predicted molar refractivity (Wildman–Crippen MR) is 128 cm³/mol. The van der Waals surface area contributed by atoms with Crippen molar-refractivity contribution in [1.29, 1.82) is 0 Å². The Balaban J connectivity index is 1.52. The number of nitrogens with one attached hydrogen (secondary N) is 2. The van der Waals surface area contributed by atoms with Gasteiger partial charge in [0.15, 0.2) is 11.2 Å². The normalized spacial score (nSPS) is 15.0. The lowest BCUT2D eigenvalue weighted by atomic mass is 10.0. The number of likely N-dealkylation sites (tertiary alicyclic amines) is 1. The first-order chi connectivity index (χ1) is 16.5. The van der Waals surface area contributed by atoms with Gasteiger partial charge in [0.1, 0.15) is 0 Å². The van der Waals surface area contributed by atoms with Crippen LogP contribution < -0.4 is 16.6 Å². The fourth-order valence-electron chi connectivity index (χ4n) is 4.58. The van der Waals surface area contributed by atoms with Crippen molar-refractivity contribution < 1.29 is 4.79 Å². The van der Waals surface area contributed by atoms with Crippen molar-refractivity contribution in [2.45, 2.75) is 32.4 Å². The minimum absolute atomic E-state index is 0.0744. The van der Waals surface area contributed by atoms with Crippen LogP contribution in [0.4, 0.5) is 5.69 Å². The summed E-state index contributed by atoms with van der Waals surface area (Å²) in [6.45, 7) is 3.91. The highest BCUT2D eigenvalue weighted by molar-refractivity contribution is 5.91. The van der Waals surface area contributed by atoms with E-state index in [4.69, 9.17) is 0 Å². The summed E-state index contributed by atoms with van der Waals surface area (Å²) < 4.78 is 3.35. The number of aromatic amines is 1. The van der Waals surface area contributed by atoms with Crippen LogP contribution in [0.1, 0.15) is 31.5 Å². The van der Waals surface area contributed by atoms with E-state index in [2.05, 4.69) is 25.2 Å². The summed E-state index contributed by atoms with van der Waals surface area (Å²) in [5.74, 6) is -0.255. The van der Waals surface area contributed by atoms with Gasteiger partial charge < -0.3 is 9.88 Å². The number of carbonyl (C=O) groups excluding carboxylic acids is 1. The first-order valence-corrected chi connectivity index (χ1v) is 11.2. The van der Waals surface area contributed by atoms with E-state index in [9.17, 15) is 14.4 Å². The third-order valence-electron chi connectivity index (χ3n) is 6.14. The quantitative estimate of drug-likeness (QED) is 0.472. The highest BCUT2D eigenvalue weighted by atomic mass is 16.2. The van der Waals surface area contributed by atoms with Crippen LogP contribution in [0.25, 0.3) is 16.9 Å². The molecule has 4 heterocycles. The molecule has 1 amide bonds. The number of amides is 1. The van der Waals surface area contributed by atoms with Gasteiger partial charge in [-0.05, 0) is 37.1 Å². The van der Waals surface area contributed by atoms with Gasteiger partial charge in [-0.2, -0.15) is 0 Å². The minimum Gasteiger partial charge on any atom is -0.325 e. The van der Waals surface area contributed by atoms with E-state index in [1.54, 1.807) is 36.8 Å². The smallest absolute Gasteiger partial charge is 0.325 e. The van der Waals surface area contributed by atoms with Crippen LogP contribution in [0.2, 0.25) is 0 Å². The molecule has 0 unspecified atom stereocenters. The summed E-state index contributed by atoms with van der Waals surface area (Å²) >= 11 is 0. The highest BCUT2D eigenvalue weighted by Gasteiger charge is 2.25. The summed E-state index contributed by atoms with van der Waals surface area (Å²) in [7, 11) is 0. The van der Waals surface area contributed by atoms with Crippen molar-refractivity contribution in [2.75, 3.05) is 18.4 Å². The lowest BCUT2D eigenvalue weighted by Crippen LogP contribution is -2.35. The maximum Gasteiger partial charge on any atom is 0.334 e. The van der Waals surface area contributed by atoms with Crippen LogP contribution >= 0.6 is 0 Å². The zero-order valence-electron chi connectivity index (χ0n) is 18.8. The van der Waals surface area contributed by atoms with E-state index in [-0.39, 0.29) is 17.5 Å². The van der Waals surface area contributed by atoms with Crippen molar-refractivity contribution in [1.82, 2.24) is 29.0 Å². The number of piperidine rings is 1. The zero-order chi connectivity index (χ0) is 23.7. The van der Waals surface area contributed by atoms with Crippen LogP contribution in [-0.2, 0) is 11.3 Å². The molecule has 3 aromatic heterocycles. The molecule has 0 saturated carbocycles. The van der Waals surface area contributed by atoms with Gasteiger partial charge in [-0.15, -0.1) is 0 Å². The number of anilines is 1. The second kappa shape index (κ2) is 9.06. The van der Waals surface area contributed by atoms with Crippen LogP contribution in [0, 0.1) is 0 Å². The van der Waals surface area contributed by atoms with E-state index < -0.39 is 11.2 Å². The Kier molecular flexibility index (Phi) is 5.81. The van der Waals surface area contributed by atoms with E-state index in [1.807, 2.05) is 22.8 Å². The third kappa shape index (κ3) is 4.15. The van der Waals surface area contributed by atoms with E-state index in [1.165, 1.54) is 11.5 Å². The molecule has 10 nitrogen and oxygen atoms in total. The van der Waals surface area contributed by atoms with Crippen molar-refractivity contribution >= 4 is 22.8 Å². The Morgan fingerprint density at radius 3 is 2.59 bits per heavy atom. The number of benzene rings is 1. The van der Waals surface area contributed by atoms with Gasteiger partial charge in [0.25, 0.3) is 5.56 Å². The van der Waals surface area contributed by atoms with Gasteiger partial charge in [0.05, 0.1) is 23.4 Å². The maximum atomic E-state index is 13.0. The average molecular weight is 460 g/mol. The summed E-state index contributed by atoms with van der Waals surface area (Å²) in [5.41, 5.74) is 1.48. The van der Waals surface area contributed by atoms with Crippen LogP contribution in [0.3, 0.4) is 0 Å². The SMILES string of the molecule is CC(=O)Nc1ccccc1-n1c(=O)[nH]c(=O)c2ncn(C3CCN(Cc4ccccn4)CC3)c21. The topological polar surface area (TPSA) is 118 Å². The number of nitrogens with zero attached hydrogens (tertiary/aromatic N) is 5. The van der Waals surface area contributed by atoms with Crippen molar-refractivity contribution in [2.24, 2.45) is 0 Å². The molecule has 174 valence electrons. The van der Waals surface area contributed by atoms with Crippen molar-refractivity contribution in [3.05, 3.63) is 81.5 Å². The summed E-state index contributed by atoms with van der Waals surface area (Å²) in [5, 5.41) is 2.77. The Hall–Kier alpha value is -4.05. The van der Waals surface area contributed by atoms with Gasteiger partial charge in [0, 0.05) is 38.8 Å². The Morgan fingerprint density at radius 1 is 1.09 bits per heavy atom. The molecule has 1 aromatic carbocycles. The number of carbonyl (C=O) groups is 1. The molecule has 1 aliphatic heterocycles. The average Bonchev–Trinajstić information content (AvgIpc) is 3.26. The van der Waals surface area contributed by atoms with Gasteiger partial charge in [-0.25, -0.2) is 14.3 Å². The highest BCUT2D eigenvalue weighted by Crippen LogP contribution is 2.28. The lowest BCUT2D eigenvalue weighted by molar-refractivity contribution is -0.114. The second-order valence-electron chi connectivity index (χ2n) is 8.45. The molecule has 1 saturated heterocycles. The Labute approximate surface area is 194 Å². The lowest BCUT2D eigenvalue weighted by Gasteiger charge is -2.32. The molecule has 0 bridgehead atoms. The van der Waals surface area contributed by atoms with E-state index >= 15 is 0 Å². The van der Waals surface area contributed by atoms with E-state index in [0.29, 0.717) is 17.0 Å². The van der Waals surface area contributed by atoms with Gasteiger partial charge >= 0.3 is 5.69 Å². The number of imidazole rings is 1. The number of H-pyrrole nitrogens is 1. The monoisotopic (exact) mass is 459 g/mol. The zero-order valence-corrected chi connectivity index (χ0v) is 18.8. The van der Waals surface area contributed by atoms with Gasteiger partial charge in [-0.1, -0.05) is 18.2 Å². The molecule has 1 aliphatic rings. The van der Waals surface area contributed by atoms with Crippen LogP contribution in [0.5, 0.6) is 0 Å². The van der Waals surface area contributed by atoms with Crippen molar-refractivity contribution in [3.63, 3.8) is 0 Å². The standard InChI is InChI=1S/C24H25N7O3/c1-16(32)27-19-7-2-3-8-20(19)31-23-21(22(33)28-24(31)34)26-15-30(23)18-9-12-29(13-10-18)14-17-6-4-5-11-25-17/h2-8,11,15,18H,9-10,12-14H2,1H3,(H,27,32)(H,28,33,34). The van der Waals surface area contributed by atoms with Crippen LogP contribution in [-0.4, -0.2) is 48.0 Å². The number of fused-ring (bicyclic) bond motifs is 1. The number of hydrogen-bond donors (Lipinski definition) is 2. The molecule has 2 N–H and O–H groups in total. The molecule has 0 aliphatic carbocycles. The molecular formula is C24H25N7O3. The number of rotatable bonds is 5. The van der Waals surface area contributed by atoms with Crippen LogP contribution in [0.15, 0.2) is 64.6 Å². The van der Waals surface area contributed by atoms with E-state index in [0.717, 1.165) is 38.2 Å². The number of pyridine rings is 1. The number of para-hydroxylation sites is 2. The Bertz CT molecular complexity index is 1450. The number of hydrogen-bond acceptors (Lipinski definition) is 6. The largest absolute Gasteiger partial charge is 0.334 e. The predicted octanol–water partition coefficient (Wildman–Crippen LogP) is 2.07. The fourth-order valence-corrected chi connectivity index (χ4v) is 4.58. The summed E-state index contributed by atoms with van der Waals surface area (Å²) in [6.07, 6.45) is 5.12. The van der Waals surface area contributed by atoms with Gasteiger partial charge in [0.2, 0.25) is 5.91 Å². The minimum atomic E-state index is -0.579. The molecule has 0 atom stereocenters. The molecule has 5 rings (SSSR count). The maximum absolute atomic E-state index is 13.0. The molecule has 0 radical (unpaired) electrons. The molecule has 10 heteroatoms. The van der Waals surface area contributed by atoms with Crippen molar-refractivity contribution in [3.8, 4) is 5.69 Å². The fraction of sp³-hybridized carbons (Fsp3) is 0.292. The Morgan fingerprint density at radius 2 is 1.85 bits per heavy atom. The molecule has 0 spiro atoms. The summed E-state index contributed by atoms with van der Waals surface area (Å²) in [4.78, 5) is 50.8. The first kappa shape index (κ1) is 21.8. The number of aromatic nitrogens is 5. The van der Waals surface area contributed by atoms with Gasteiger partial charge in [-0.3, -0.25) is 24.5 Å².